The summed E-state index contributed by atoms with van der Waals surface area (Å²) < 4.78 is 39.1. The molecule has 0 saturated carbocycles. The van der Waals surface area contributed by atoms with Gasteiger partial charge < -0.3 is 24.2 Å². The van der Waals surface area contributed by atoms with E-state index in [4.69, 9.17) is 21.1 Å². The van der Waals surface area contributed by atoms with Gasteiger partial charge in [0, 0.05) is 55.4 Å². The van der Waals surface area contributed by atoms with Gasteiger partial charge >= 0.3 is 0 Å². The highest BCUT2D eigenvalue weighted by atomic mass is 19.1. The van der Waals surface area contributed by atoms with Crippen LogP contribution >= 0.6 is 0 Å². The predicted octanol–water partition coefficient (Wildman–Crippen LogP) is 4.81. The minimum Gasteiger partial charge on any atom is -0.507 e. The minimum atomic E-state index is -0.690. The van der Waals surface area contributed by atoms with Crippen molar-refractivity contribution in [1.29, 1.82) is 0 Å². The molecule has 3 aliphatic heterocycles. The van der Waals surface area contributed by atoms with E-state index >= 15 is 4.39 Å². The zero-order valence-corrected chi connectivity index (χ0v) is 23.5. The molecule has 0 amide bonds. The molecule has 0 aliphatic carbocycles. The van der Waals surface area contributed by atoms with Gasteiger partial charge in [0.15, 0.2) is 5.82 Å². The van der Waals surface area contributed by atoms with E-state index in [-0.39, 0.29) is 28.1 Å². The summed E-state index contributed by atoms with van der Waals surface area (Å²) in [5.74, 6) is 2.40. The van der Waals surface area contributed by atoms with Gasteiger partial charge in [0.1, 0.15) is 28.5 Å². The van der Waals surface area contributed by atoms with E-state index in [9.17, 15) is 9.50 Å². The average Bonchev–Trinajstić information content (AvgIpc) is 3.70. The van der Waals surface area contributed by atoms with Gasteiger partial charge in [0.25, 0.3) is 0 Å². The van der Waals surface area contributed by atoms with Crippen molar-refractivity contribution in [3.05, 3.63) is 65.5 Å². The van der Waals surface area contributed by atoms with Gasteiger partial charge in [-0.05, 0) is 54.6 Å². The molecule has 0 unspecified atom stereocenters. The van der Waals surface area contributed by atoms with Crippen LogP contribution in [0.15, 0.2) is 42.6 Å². The number of fused-ring (bicyclic) bond motifs is 4. The molecule has 3 aliphatic rings. The van der Waals surface area contributed by atoms with E-state index in [1.54, 1.807) is 6.20 Å². The highest BCUT2D eigenvalue weighted by Crippen LogP contribution is 2.41. The molecular weight excluding hydrogens is 550 g/mol. The quantitative estimate of drug-likeness (QED) is 0.308. The first-order valence-electron chi connectivity index (χ1n) is 14.4. The third kappa shape index (κ3) is 3.99. The van der Waals surface area contributed by atoms with E-state index in [2.05, 4.69) is 32.3 Å². The van der Waals surface area contributed by atoms with Crippen molar-refractivity contribution in [3.8, 4) is 40.7 Å². The number of hydrogen-bond donors (Lipinski definition) is 1. The second-order valence-corrected chi connectivity index (χ2v) is 11.7. The van der Waals surface area contributed by atoms with Crippen LogP contribution in [0.4, 0.5) is 14.7 Å². The van der Waals surface area contributed by atoms with Crippen molar-refractivity contribution in [3.63, 3.8) is 0 Å². The molecule has 216 valence electrons. The van der Waals surface area contributed by atoms with Crippen LogP contribution < -0.4 is 4.90 Å². The Morgan fingerprint density at radius 1 is 0.953 bits per heavy atom. The highest BCUT2D eigenvalue weighted by Gasteiger charge is 2.40. The summed E-state index contributed by atoms with van der Waals surface area (Å²) in [6.45, 7) is 5.34. The Hall–Kier alpha value is -4.59. The zero-order chi connectivity index (χ0) is 29.4. The lowest BCUT2D eigenvalue weighted by atomic mass is 9.96. The molecule has 43 heavy (non-hydrogen) atoms. The number of aromatic nitrogens is 4. The summed E-state index contributed by atoms with van der Waals surface area (Å²) in [6, 6.07) is 9.62. The van der Waals surface area contributed by atoms with Gasteiger partial charge in [0.2, 0.25) is 5.95 Å². The molecule has 10 heteroatoms. The first-order valence-corrected chi connectivity index (χ1v) is 14.4. The molecule has 2 atom stereocenters. The molecule has 8 rings (SSSR count). The third-order valence-corrected chi connectivity index (χ3v) is 9.16. The summed E-state index contributed by atoms with van der Waals surface area (Å²) in [4.78, 5) is 18.9. The number of ether oxygens (including phenoxy) is 1. The summed E-state index contributed by atoms with van der Waals surface area (Å²) in [7, 11) is 2.14. The molecule has 3 aromatic heterocycles. The maximum Gasteiger partial charge on any atom is 0.226 e. The molecule has 8 nitrogen and oxygen atoms in total. The van der Waals surface area contributed by atoms with Crippen LogP contribution in [0.25, 0.3) is 44.3 Å². The summed E-state index contributed by atoms with van der Waals surface area (Å²) in [5.41, 5.74) is 2.66. The fourth-order valence-electron chi connectivity index (χ4n) is 7.15. The number of rotatable bonds is 3. The van der Waals surface area contributed by atoms with Gasteiger partial charge in [0.05, 0.1) is 30.0 Å². The normalized spacial score (nSPS) is 20.1. The van der Waals surface area contributed by atoms with Gasteiger partial charge in [-0.3, -0.25) is 4.98 Å². The molecule has 0 radical (unpaired) electrons. The molecule has 1 N–H and O–H groups in total. The number of phenols is 1. The fourth-order valence-corrected chi connectivity index (χ4v) is 7.15. The van der Waals surface area contributed by atoms with Gasteiger partial charge in [-0.25, -0.2) is 18.7 Å². The lowest BCUT2D eigenvalue weighted by Gasteiger charge is -2.22. The van der Waals surface area contributed by atoms with E-state index < -0.39 is 11.6 Å². The summed E-state index contributed by atoms with van der Waals surface area (Å²) >= 11 is 0. The monoisotopic (exact) mass is 578 g/mol. The average molecular weight is 579 g/mol. The standard InChI is InChI=1S/C33H28F2N6O2/c1-3-21-22-6-9-27(42)28(23(22)5-7-25(21)34)32-29(35)31-24(12-36-32)30(26-8-4-20-17-43-11-10-41(20)26)37-33(38-31)40-15-18-13-39(2)14-19(18)16-40/h1,4-9,12,18-19,42H,10-11,13-17H2,2H3/t18-,19+. The van der Waals surface area contributed by atoms with Crippen LogP contribution in [-0.2, 0) is 17.9 Å². The number of pyridine rings is 1. The second-order valence-electron chi connectivity index (χ2n) is 11.7. The number of phenolic OH excluding ortho intramolecular Hbond substituents is 1. The Kier molecular flexibility index (Phi) is 5.90. The number of hydrogen-bond acceptors (Lipinski definition) is 7. The molecule has 2 aromatic carbocycles. The van der Waals surface area contributed by atoms with Crippen LogP contribution in [0.2, 0.25) is 0 Å². The first-order chi connectivity index (χ1) is 20.9. The molecular formula is C33H28F2N6O2. The molecule has 0 spiro atoms. The van der Waals surface area contributed by atoms with Crippen LogP contribution in [-0.4, -0.2) is 69.4 Å². The fraction of sp³-hybridized carbons (Fsp3) is 0.303. The number of halogens is 2. The van der Waals surface area contributed by atoms with Crippen LogP contribution in [0.3, 0.4) is 0 Å². The van der Waals surface area contributed by atoms with Crippen molar-refractivity contribution in [2.75, 3.05) is 44.7 Å². The maximum absolute atomic E-state index is 16.8. The Balaban J connectivity index is 1.35. The Morgan fingerprint density at radius 3 is 2.53 bits per heavy atom. The van der Waals surface area contributed by atoms with Crippen molar-refractivity contribution in [2.45, 2.75) is 13.2 Å². The van der Waals surface area contributed by atoms with Crippen molar-refractivity contribution in [1.82, 2.24) is 24.4 Å². The number of anilines is 1. The van der Waals surface area contributed by atoms with Crippen LogP contribution in [0, 0.1) is 35.8 Å². The van der Waals surface area contributed by atoms with Crippen LogP contribution in [0.5, 0.6) is 5.75 Å². The van der Waals surface area contributed by atoms with E-state index in [0.717, 1.165) is 37.6 Å². The number of terminal acetylenes is 1. The smallest absolute Gasteiger partial charge is 0.226 e. The first kappa shape index (κ1) is 26.1. The van der Waals surface area contributed by atoms with E-state index in [0.29, 0.717) is 59.4 Å². The zero-order valence-electron chi connectivity index (χ0n) is 23.5. The maximum atomic E-state index is 16.8. The molecule has 6 heterocycles. The highest BCUT2D eigenvalue weighted by molar-refractivity contribution is 6.03. The van der Waals surface area contributed by atoms with Gasteiger partial charge in [-0.15, -0.1) is 6.42 Å². The largest absolute Gasteiger partial charge is 0.507 e. The number of nitrogens with zero attached hydrogens (tertiary/aromatic N) is 6. The lowest BCUT2D eigenvalue weighted by Crippen LogP contribution is -2.28. The second kappa shape index (κ2) is 9.73. The Bertz CT molecular complexity index is 1990. The van der Waals surface area contributed by atoms with Gasteiger partial charge in [-0.2, -0.15) is 0 Å². The molecule has 2 saturated heterocycles. The van der Waals surface area contributed by atoms with Gasteiger partial charge in [-0.1, -0.05) is 12.0 Å². The Labute approximate surface area is 246 Å². The molecule has 0 bridgehead atoms. The third-order valence-electron chi connectivity index (χ3n) is 9.16. The van der Waals surface area contributed by atoms with E-state index in [1.807, 2.05) is 12.1 Å². The lowest BCUT2D eigenvalue weighted by molar-refractivity contribution is 0.0856. The SMILES string of the molecule is C#Cc1c(F)ccc2c(-c3ncc4c(-c5ccc6n5CCOC6)nc(N5C[C@H]6CN(C)C[C@H]6C5)nc4c3F)c(O)ccc12. The van der Waals surface area contributed by atoms with E-state index in [1.165, 1.54) is 24.3 Å². The topological polar surface area (TPSA) is 79.5 Å². The summed E-state index contributed by atoms with van der Waals surface area (Å²) in [6.07, 6.45) is 7.16. The van der Waals surface area contributed by atoms with Crippen molar-refractivity contribution >= 4 is 27.6 Å². The van der Waals surface area contributed by atoms with Crippen LogP contribution in [0.1, 0.15) is 11.3 Å². The van der Waals surface area contributed by atoms with Crippen molar-refractivity contribution < 1.29 is 18.6 Å². The predicted molar refractivity (Wildman–Crippen MR) is 160 cm³/mol. The molecule has 2 fully saturated rings. The molecule has 5 aromatic rings. The summed E-state index contributed by atoms with van der Waals surface area (Å²) in [5, 5.41) is 12.2. The Morgan fingerprint density at radius 2 is 1.74 bits per heavy atom. The van der Waals surface area contributed by atoms with Crippen molar-refractivity contribution in [2.24, 2.45) is 11.8 Å². The number of likely N-dealkylation sites (tertiary alicyclic amines) is 1. The number of benzene rings is 2. The number of aromatic hydroxyl groups is 1. The minimum absolute atomic E-state index is 0.0408.